The van der Waals surface area contributed by atoms with Crippen molar-refractivity contribution < 1.29 is 33.1 Å². The van der Waals surface area contributed by atoms with Crippen molar-refractivity contribution in [3.05, 3.63) is 0 Å². The van der Waals surface area contributed by atoms with Crippen molar-refractivity contribution >= 4 is 20.7 Å². The van der Waals surface area contributed by atoms with E-state index in [-0.39, 0.29) is 0 Å². The second-order valence-corrected chi connectivity index (χ2v) is 7.26. The minimum atomic E-state index is -2.73. The summed E-state index contributed by atoms with van der Waals surface area (Å²) >= 11 is 0. The average Bonchev–Trinajstić information content (AvgIpc) is 2.42. The van der Waals surface area contributed by atoms with Gasteiger partial charge in [-0.3, -0.25) is 9.59 Å². The fraction of sp³-hybridized carbons (Fsp3) is 0.846. The number of aliphatic carboxylic acids is 2. The third-order valence-corrected chi connectivity index (χ3v) is 5.97. The minimum Gasteiger partial charge on any atom is -0.481 e. The molecule has 1 atom stereocenters. The highest BCUT2D eigenvalue weighted by molar-refractivity contribution is 6.60. The van der Waals surface area contributed by atoms with Crippen molar-refractivity contribution in [3.8, 4) is 0 Å². The van der Waals surface area contributed by atoms with Gasteiger partial charge < -0.3 is 28.8 Å². The molecule has 0 saturated carbocycles. The topological polar surface area (TPSA) is 114 Å². The van der Waals surface area contributed by atoms with Gasteiger partial charge in [0.2, 0.25) is 0 Å². The second-order valence-electron chi connectivity index (χ2n) is 4.53. The monoisotopic (exact) mass is 337 g/mol. The van der Waals surface area contributed by atoms with E-state index in [1.807, 2.05) is 20.8 Å². The van der Waals surface area contributed by atoms with Crippen LogP contribution in [0.4, 0.5) is 0 Å². The highest BCUT2D eigenvalue weighted by atomic mass is 28.4. The summed E-state index contributed by atoms with van der Waals surface area (Å²) < 4.78 is 17.1. The summed E-state index contributed by atoms with van der Waals surface area (Å²) in [4.78, 5) is 21.5. The molecule has 0 aliphatic carbocycles. The molecule has 0 aromatic carbocycles. The molecule has 0 aliphatic rings. The van der Waals surface area contributed by atoms with Gasteiger partial charge in [-0.2, -0.15) is 0 Å². The molecule has 0 aromatic rings. The zero-order valence-corrected chi connectivity index (χ0v) is 14.5. The number of hydrogen-bond acceptors (Lipinski definition) is 6. The van der Waals surface area contributed by atoms with Crippen molar-refractivity contribution in [1.82, 2.24) is 5.32 Å². The van der Waals surface area contributed by atoms with E-state index in [4.69, 9.17) is 23.5 Å². The molecule has 3 N–H and O–H groups in total. The van der Waals surface area contributed by atoms with E-state index >= 15 is 0 Å². The molecule has 0 aliphatic heterocycles. The Kier molecular flexibility index (Phi) is 11.0. The van der Waals surface area contributed by atoms with Gasteiger partial charge in [-0.25, -0.2) is 0 Å². The molecular weight excluding hydrogens is 310 g/mol. The Labute approximate surface area is 132 Å². The first kappa shape index (κ1) is 21.0. The van der Waals surface area contributed by atoms with Crippen LogP contribution in [0.25, 0.3) is 0 Å². The summed E-state index contributed by atoms with van der Waals surface area (Å²) in [5.41, 5.74) is 0. The Morgan fingerprint density at radius 2 is 1.55 bits per heavy atom. The maximum absolute atomic E-state index is 10.9. The standard InChI is InChI=1S/C13H27NO7Si/c1-4-19-22(20-5-2,21-6-3)9-7-8-14-11(13(17)18)10-12(15)16/h11,14H,4-10H2,1-3H3,(H,15,16)(H,17,18)/t11-/m0/s1. The Hall–Kier alpha value is -1.00. The molecule has 0 bridgehead atoms. The van der Waals surface area contributed by atoms with Crippen molar-refractivity contribution in [2.24, 2.45) is 0 Å². The minimum absolute atomic E-state index is 0.353. The van der Waals surface area contributed by atoms with Crippen LogP contribution >= 0.6 is 0 Å². The van der Waals surface area contributed by atoms with Crippen LogP contribution in [0.15, 0.2) is 0 Å². The Bertz CT molecular complexity index is 323. The van der Waals surface area contributed by atoms with Gasteiger partial charge in [0.1, 0.15) is 6.04 Å². The molecule has 0 spiro atoms. The molecule has 0 rings (SSSR count). The zero-order valence-electron chi connectivity index (χ0n) is 13.5. The van der Waals surface area contributed by atoms with Crippen LogP contribution in [-0.4, -0.2) is 63.4 Å². The van der Waals surface area contributed by atoms with Crippen LogP contribution in [0, 0.1) is 0 Å². The maximum Gasteiger partial charge on any atom is 0.500 e. The lowest BCUT2D eigenvalue weighted by molar-refractivity contribution is -0.145. The van der Waals surface area contributed by atoms with Gasteiger partial charge >= 0.3 is 20.7 Å². The fourth-order valence-corrected chi connectivity index (χ4v) is 4.62. The van der Waals surface area contributed by atoms with Crippen LogP contribution in [-0.2, 0) is 22.9 Å². The van der Waals surface area contributed by atoms with E-state index < -0.39 is 33.2 Å². The smallest absolute Gasteiger partial charge is 0.481 e. The molecular formula is C13H27NO7Si. The molecule has 0 amide bonds. The summed E-state index contributed by atoms with van der Waals surface area (Å²) in [5.74, 6) is -2.33. The molecule has 0 unspecified atom stereocenters. The van der Waals surface area contributed by atoms with Gasteiger partial charge in [0.15, 0.2) is 0 Å². The summed E-state index contributed by atoms with van der Waals surface area (Å²) in [7, 11) is -2.73. The van der Waals surface area contributed by atoms with Crippen LogP contribution < -0.4 is 5.32 Å². The van der Waals surface area contributed by atoms with E-state index in [0.29, 0.717) is 38.8 Å². The zero-order chi connectivity index (χ0) is 17.0. The van der Waals surface area contributed by atoms with Gasteiger partial charge in [-0.1, -0.05) is 0 Å². The summed E-state index contributed by atoms with van der Waals surface area (Å²) in [6.07, 6.45) is 0.121. The third kappa shape index (κ3) is 8.44. The van der Waals surface area contributed by atoms with Crippen molar-refractivity contribution in [3.63, 3.8) is 0 Å². The first-order valence-electron chi connectivity index (χ1n) is 7.50. The summed E-state index contributed by atoms with van der Waals surface area (Å²) in [5, 5.41) is 20.3. The largest absolute Gasteiger partial charge is 0.500 e. The highest BCUT2D eigenvalue weighted by Crippen LogP contribution is 2.17. The van der Waals surface area contributed by atoms with Gasteiger partial charge in [0.25, 0.3) is 0 Å². The van der Waals surface area contributed by atoms with Crippen molar-refractivity contribution in [2.75, 3.05) is 26.4 Å². The highest BCUT2D eigenvalue weighted by Gasteiger charge is 2.39. The van der Waals surface area contributed by atoms with Crippen molar-refractivity contribution in [2.45, 2.75) is 45.7 Å². The first-order chi connectivity index (χ1) is 10.4. The number of nitrogens with one attached hydrogen (secondary N) is 1. The third-order valence-electron chi connectivity index (χ3n) is 2.82. The number of carbonyl (C=O) groups is 2. The number of hydrogen-bond donors (Lipinski definition) is 3. The van der Waals surface area contributed by atoms with Gasteiger partial charge in [-0.05, 0) is 33.7 Å². The SMILES string of the molecule is CCO[Si](CCCN[C@@H](CC(=O)O)C(=O)O)(OCC)OCC. The summed E-state index contributed by atoms with van der Waals surface area (Å²) in [6, 6.07) is -0.547. The van der Waals surface area contributed by atoms with E-state index in [2.05, 4.69) is 5.32 Å². The van der Waals surface area contributed by atoms with Gasteiger partial charge in [0, 0.05) is 25.9 Å². The molecule has 130 valence electrons. The molecule has 0 aromatic heterocycles. The molecule has 0 radical (unpaired) electrons. The summed E-state index contributed by atoms with van der Waals surface area (Å²) in [6.45, 7) is 7.40. The Balaban J connectivity index is 4.40. The predicted octanol–water partition coefficient (Wildman–Crippen LogP) is 0.942. The normalized spacial score (nSPS) is 13.0. The van der Waals surface area contributed by atoms with Crippen molar-refractivity contribution in [1.29, 1.82) is 0 Å². The molecule has 22 heavy (non-hydrogen) atoms. The average molecular weight is 337 g/mol. The van der Waals surface area contributed by atoms with Crippen LogP contribution in [0.1, 0.15) is 33.6 Å². The van der Waals surface area contributed by atoms with Crippen LogP contribution in [0.3, 0.4) is 0 Å². The number of carboxylic acid groups (broad SMARTS) is 2. The van der Waals surface area contributed by atoms with E-state index in [1.165, 1.54) is 0 Å². The van der Waals surface area contributed by atoms with Crippen LogP contribution in [0.2, 0.25) is 6.04 Å². The quantitative estimate of drug-likeness (QED) is 0.317. The molecule has 9 heteroatoms. The Morgan fingerprint density at radius 1 is 1.05 bits per heavy atom. The Morgan fingerprint density at radius 3 is 1.91 bits per heavy atom. The molecule has 0 fully saturated rings. The van der Waals surface area contributed by atoms with E-state index in [1.54, 1.807) is 0 Å². The maximum atomic E-state index is 10.9. The number of rotatable bonds is 14. The van der Waals surface area contributed by atoms with Crippen LogP contribution in [0.5, 0.6) is 0 Å². The molecule has 0 heterocycles. The lowest BCUT2D eigenvalue weighted by atomic mass is 10.2. The van der Waals surface area contributed by atoms with E-state index in [0.717, 1.165) is 0 Å². The first-order valence-corrected chi connectivity index (χ1v) is 9.43. The lowest BCUT2D eigenvalue weighted by Crippen LogP contribution is -2.47. The fourth-order valence-electron chi connectivity index (χ4n) is 2.00. The lowest BCUT2D eigenvalue weighted by Gasteiger charge is -2.28. The second kappa shape index (κ2) is 11.5. The number of carboxylic acids is 2. The molecule has 0 saturated heterocycles. The van der Waals surface area contributed by atoms with Gasteiger partial charge in [-0.15, -0.1) is 0 Å². The molecule has 8 nitrogen and oxygen atoms in total. The van der Waals surface area contributed by atoms with Gasteiger partial charge in [0.05, 0.1) is 6.42 Å². The predicted molar refractivity (Wildman–Crippen MR) is 81.7 cm³/mol. The van der Waals surface area contributed by atoms with E-state index in [9.17, 15) is 9.59 Å².